The van der Waals surface area contributed by atoms with Crippen molar-refractivity contribution in [1.82, 2.24) is 10.2 Å². The Hall–Kier alpha value is -2.68. The van der Waals surface area contributed by atoms with Gasteiger partial charge in [0.2, 0.25) is 0 Å². The molecule has 1 heterocycles. The van der Waals surface area contributed by atoms with Gasteiger partial charge in [0.1, 0.15) is 0 Å². The first-order chi connectivity index (χ1) is 9.40. The van der Waals surface area contributed by atoms with Gasteiger partial charge in [-0.25, -0.2) is 0 Å². The zero-order valence-electron chi connectivity index (χ0n) is 10.4. The highest BCUT2D eigenvalue weighted by molar-refractivity contribution is 5.73. The van der Waals surface area contributed by atoms with Crippen LogP contribution in [0.2, 0.25) is 0 Å². The van der Waals surface area contributed by atoms with Crippen LogP contribution in [0, 0.1) is 0 Å². The fourth-order valence-electron chi connectivity index (χ4n) is 1.59. The summed E-state index contributed by atoms with van der Waals surface area (Å²) in [5.74, 6) is 0. The van der Waals surface area contributed by atoms with Crippen LogP contribution in [0.4, 0.5) is 0 Å². The van der Waals surface area contributed by atoms with Crippen molar-refractivity contribution >= 4 is 6.29 Å². The molecule has 3 nitrogen and oxygen atoms in total. The summed E-state index contributed by atoms with van der Waals surface area (Å²) in [4.78, 5) is 9.81. The van der Waals surface area contributed by atoms with Gasteiger partial charge in [-0.2, -0.15) is 5.10 Å². The summed E-state index contributed by atoms with van der Waals surface area (Å²) in [5.41, 5.74) is 3.14. The molecule has 0 saturated carbocycles. The van der Waals surface area contributed by atoms with Gasteiger partial charge < -0.3 is 0 Å². The van der Waals surface area contributed by atoms with Crippen LogP contribution in [-0.2, 0) is 0 Å². The number of aromatic nitrogens is 2. The number of hydrogen-bond donors (Lipinski definition) is 1. The molecule has 0 atom stereocenters. The van der Waals surface area contributed by atoms with E-state index in [0.717, 1.165) is 6.29 Å². The van der Waals surface area contributed by atoms with Crippen LogP contribution in [0.5, 0.6) is 0 Å². The second-order valence-electron chi connectivity index (χ2n) is 3.88. The largest absolute Gasteiger partial charge is 0.298 e. The summed E-state index contributed by atoms with van der Waals surface area (Å²) in [6.07, 6.45) is 3.74. The Morgan fingerprint density at radius 2 is 1.37 bits per heavy atom. The number of carbonyl (C=O) groups is 1. The minimum absolute atomic E-state index is 0.583. The predicted octanol–water partition coefficient (Wildman–Crippen LogP) is 3.58. The van der Waals surface area contributed by atoms with Gasteiger partial charge in [-0.1, -0.05) is 60.7 Å². The second kappa shape index (κ2) is 6.91. The van der Waals surface area contributed by atoms with Gasteiger partial charge in [0.15, 0.2) is 6.29 Å². The van der Waals surface area contributed by atoms with Crippen molar-refractivity contribution in [2.45, 2.75) is 0 Å². The first-order valence-electron chi connectivity index (χ1n) is 5.94. The van der Waals surface area contributed by atoms with E-state index in [2.05, 4.69) is 58.7 Å². The van der Waals surface area contributed by atoms with Crippen LogP contribution < -0.4 is 0 Å². The molecule has 0 aliphatic carbocycles. The van der Waals surface area contributed by atoms with Crippen molar-refractivity contribution in [3.63, 3.8) is 0 Å². The third-order valence-corrected chi connectivity index (χ3v) is 2.54. The topological polar surface area (TPSA) is 45.8 Å². The second-order valence-corrected chi connectivity index (χ2v) is 3.88. The Balaban J connectivity index is 0.000000163. The summed E-state index contributed by atoms with van der Waals surface area (Å²) >= 11 is 0. The molecule has 3 aromatic rings. The van der Waals surface area contributed by atoms with Crippen molar-refractivity contribution in [2.75, 3.05) is 0 Å². The average Bonchev–Trinajstić information content (AvgIpc) is 3.03. The van der Waals surface area contributed by atoms with Crippen molar-refractivity contribution in [1.29, 1.82) is 0 Å². The monoisotopic (exact) mass is 250 g/mol. The van der Waals surface area contributed by atoms with E-state index in [1.807, 2.05) is 12.1 Å². The Labute approximate surface area is 111 Å². The van der Waals surface area contributed by atoms with E-state index in [4.69, 9.17) is 0 Å². The molecular weight excluding hydrogens is 236 g/mol. The fraction of sp³-hybridized carbons (Fsp3) is 0. The van der Waals surface area contributed by atoms with Gasteiger partial charge in [-0.05, 0) is 11.1 Å². The van der Waals surface area contributed by atoms with Gasteiger partial charge in [0.25, 0.3) is 0 Å². The lowest BCUT2D eigenvalue weighted by Gasteiger charge is -1.98. The van der Waals surface area contributed by atoms with Crippen LogP contribution in [0.3, 0.4) is 0 Å². The number of aromatic amines is 1. The highest BCUT2D eigenvalue weighted by Gasteiger charge is 1.91. The van der Waals surface area contributed by atoms with E-state index in [-0.39, 0.29) is 0 Å². The van der Waals surface area contributed by atoms with E-state index in [1.54, 1.807) is 0 Å². The van der Waals surface area contributed by atoms with Gasteiger partial charge in [0.05, 0.1) is 11.8 Å². The zero-order chi connectivity index (χ0) is 13.3. The van der Waals surface area contributed by atoms with Crippen molar-refractivity contribution in [3.8, 4) is 11.1 Å². The molecular formula is C16H14N2O. The first kappa shape index (κ1) is 12.8. The number of aldehydes is 1. The molecule has 1 aromatic heterocycles. The summed E-state index contributed by atoms with van der Waals surface area (Å²) < 4.78 is 0. The lowest BCUT2D eigenvalue weighted by molar-refractivity contribution is 0.112. The molecule has 0 saturated heterocycles. The highest BCUT2D eigenvalue weighted by atomic mass is 16.1. The molecule has 1 N–H and O–H groups in total. The number of nitrogens with one attached hydrogen (secondary N) is 1. The summed E-state index contributed by atoms with van der Waals surface area (Å²) in [6.45, 7) is 0. The molecule has 94 valence electrons. The van der Waals surface area contributed by atoms with E-state index >= 15 is 0 Å². The van der Waals surface area contributed by atoms with Crippen LogP contribution >= 0.6 is 0 Å². The molecule has 3 rings (SSSR count). The van der Waals surface area contributed by atoms with Crippen LogP contribution in [0.15, 0.2) is 73.1 Å². The highest BCUT2D eigenvalue weighted by Crippen LogP contribution is 2.17. The Morgan fingerprint density at radius 1 is 0.842 bits per heavy atom. The molecule has 0 unspecified atom stereocenters. The molecule has 19 heavy (non-hydrogen) atoms. The summed E-state index contributed by atoms with van der Waals surface area (Å²) in [7, 11) is 0. The average molecular weight is 250 g/mol. The summed E-state index contributed by atoms with van der Waals surface area (Å²) in [5, 5.41) is 6.04. The van der Waals surface area contributed by atoms with Gasteiger partial charge in [-0.15, -0.1) is 0 Å². The van der Waals surface area contributed by atoms with Crippen molar-refractivity contribution in [2.24, 2.45) is 0 Å². The molecule has 0 amide bonds. The SMILES string of the molecule is O=Cc1cn[nH]c1.c1ccc(-c2ccccc2)cc1. The van der Waals surface area contributed by atoms with E-state index in [1.165, 1.54) is 23.5 Å². The van der Waals surface area contributed by atoms with Crippen LogP contribution in [0.1, 0.15) is 10.4 Å². The summed E-state index contributed by atoms with van der Waals surface area (Å²) in [6, 6.07) is 20.8. The number of rotatable bonds is 2. The van der Waals surface area contributed by atoms with Gasteiger partial charge in [-0.3, -0.25) is 9.89 Å². The molecule has 0 aliphatic heterocycles. The first-order valence-corrected chi connectivity index (χ1v) is 5.94. The number of nitrogens with zero attached hydrogens (tertiary/aromatic N) is 1. The van der Waals surface area contributed by atoms with E-state index in [0.29, 0.717) is 5.56 Å². The maximum atomic E-state index is 9.81. The van der Waals surface area contributed by atoms with Gasteiger partial charge >= 0.3 is 0 Å². The molecule has 0 fully saturated rings. The molecule has 0 radical (unpaired) electrons. The minimum atomic E-state index is 0.583. The van der Waals surface area contributed by atoms with E-state index in [9.17, 15) is 4.79 Å². The fourth-order valence-corrected chi connectivity index (χ4v) is 1.59. The maximum absolute atomic E-state index is 9.81. The smallest absolute Gasteiger partial charge is 0.153 e. The Kier molecular flexibility index (Phi) is 4.64. The molecule has 0 aliphatic rings. The van der Waals surface area contributed by atoms with Crippen LogP contribution in [-0.4, -0.2) is 16.5 Å². The normalized spacial score (nSPS) is 9.26. The standard InChI is InChI=1S/C12H10.C4H4N2O/c1-3-7-11(8-4-1)12-9-5-2-6-10-12;7-3-4-1-5-6-2-4/h1-10H;1-3H,(H,5,6). The Morgan fingerprint density at radius 3 is 1.68 bits per heavy atom. The van der Waals surface area contributed by atoms with Crippen molar-refractivity contribution < 1.29 is 4.79 Å². The van der Waals surface area contributed by atoms with Crippen LogP contribution in [0.25, 0.3) is 11.1 Å². The van der Waals surface area contributed by atoms with Gasteiger partial charge in [0, 0.05) is 6.20 Å². The van der Waals surface area contributed by atoms with Crippen molar-refractivity contribution in [3.05, 3.63) is 78.6 Å². The number of carbonyl (C=O) groups excluding carboxylic acids is 1. The quantitative estimate of drug-likeness (QED) is 0.707. The molecule has 2 aromatic carbocycles. The molecule has 0 bridgehead atoms. The third kappa shape index (κ3) is 3.92. The zero-order valence-corrected chi connectivity index (χ0v) is 10.4. The molecule has 3 heteroatoms. The lowest BCUT2D eigenvalue weighted by Crippen LogP contribution is -1.73. The number of benzene rings is 2. The number of hydrogen-bond acceptors (Lipinski definition) is 2. The minimum Gasteiger partial charge on any atom is -0.298 e. The molecule has 0 spiro atoms. The Bertz CT molecular complexity index is 552. The number of H-pyrrole nitrogens is 1. The van der Waals surface area contributed by atoms with E-state index < -0.39 is 0 Å². The maximum Gasteiger partial charge on any atom is 0.153 e. The third-order valence-electron chi connectivity index (χ3n) is 2.54. The predicted molar refractivity (Wildman–Crippen MR) is 75.9 cm³/mol. The lowest BCUT2D eigenvalue weighted by atomic mass is 10.1.